The Morgan fingerprint density at radius 1 is 1.55 bits per heavy atom. The topological polar surface area (TPSA) is 77.9 Å². The molecule has 0 aliphatic heterocycles. The van der Waals surface area contributed by atoms with Gasteiger partial charge in [-0.25, -0.2) is 0 Å². The molecule has 0 aliphatic carbocycles. The van der Waals surface area contributed by atoms with E-state index in [0.717, 1.165) is 13.2 Å². The molecule has 20 heavy (non-hydrogen) atoms. The number of rotatable bonds is 3. The Balaban J connectivity index is 0.000000511. The number of hydrogen-bond donors (Lipinski definition) is 3. The van der Waals surface area contributed by atoms with Crippen LogP contribution in [0, 0.1) is 11.3 Å². The van der Waals surface area contributed by atoms with Gasteiger partial charge >= 0.3 is 6.18 Å². The van der Waals surface area contributed by atoms with Crippen molar-refractivity contribution >= 4 is 12.6 Å². The molecule has 0 radical (unpaired) electrons. The van der Waals surface area contributed by atoms with E-state index in [9.17, 15) is 18.0 Å². The molecule has 1 rings (SSSR count). The highest BCUT2D eigenvalue weighted by Crippen LogP contribution is 2.32. The first kappa shape index (κ1) is 18.5. The number of halogens is 3. The highest BCUT2D eigenvalue weighted by molar-refractivity contribution is 7.80. The fourth-order valence-electron chi connectivity index (χ4n) is 1.09. The van der Waals surface area contributed by atoms with Crippen molar-refractivity contribution in [2.24, 2.45) is 0 Å². The summed E-state index contributed by atoms with van der Waals surface area (Å²) in [5, 5.41) is 11.0. The predicted octanol–water partition coefficient (Wildman–Crippen LogP) is 1.41. The first-order valence-corrected chi connectivity index (χ1v) is 5.79. The highest BCUT2D eigenvalue weighted by Gasteiger charge is 2.35. The third-order valence-electron chi connectivity index (χ3n) is 2.00. The van der Waals surface area contributed by atoms with E-state index in [1.54, 1.807) is 7.11 Å². The highest BCUT2D eigenvalue weighted by atomic mass is 32.1. The van der Waals surface area contributed by atoms with Crippen molar-refractivity contribution in [3.8, 4) is 6.07 Å². The quantitative estimate of drug-likeness (QED) is 0.583. The summed E-state index contributed by atoms with van der Waals surface area (Å²) < 4.78 is 41.5. The Labute approximate surface area is 119 Å². The normalized spacial score (nSPS) is 10.4. The van der Waals surface area contributed by atoms with E-state index in [2.05, 4.69) is 17.9 Å². The monoisotopic (exact) mass is 309 g/mol. The molecule has 1 aromatic heterocycles. The van der Waals surface area contributed by atoms with Crippen molar-refractivity contribution in [2.45, 2.75) is 11.2 Å². The molecule has 112 valence electrons. The maximum absolute atomic E-state index is 12.3. The third-order valence-corrected chi connectivity index (χ3v) is 2.33. The lowest BCUT2D eigenvalue weighted by molar-refractivity contribution is -0.138. The zero-order valence-electron chi connectivity index (χ0n) is 10.8. The van der Waals surface area contributed by atoms with Gasteiger partial charge < -0.3 is 15.0 Å². The molecule has 0 unspecified atom stereocenters. The molecule has 9 heteroatoms. The number of nitrogens with zero attached hydrogens (tertiary/aromatic N) is 1. The number of nitrogens with one attached hydrogen (secondary N) is 2. The smallest absolute Gasteiger partial charge is 0.383 e. The minimum Gasteiger partial charge on any atom is -0.383 e. The molecular weight excluding hydrogens is 295 g/mol. The summed E-state index contributed by atoms with van der Waals surface area (Å²) in [7, 11) is 3.59. The second-order valence-corrected chi connectivity index (χ2v) is 3.92. The Bertz CT molecular complexity index is 519. The number of aromatic nitrogens is 1. The average Bonchev–Trinajstić information content (AvgIpc) is 2.35. The van der Waals surface area contributed by atoms with Gasteiger partial charge in [0.1, 0.15) is 6.07 Å². The van der Waals surface area contributed by atoms with Crippen molar-refractivity contribution in [1.82, 2.24) is 10.3 Å². The standard InChI is InChI=1S/C7H3F3N2OS.C4H11NO/c8-7(9,10)4-1-5(13)12-6(14)3(4)2-11;1-5-3-4-6-2/h1H,(H2,12,13,14);5H,3-4H2,1-2H3. The summed E-state index contributed by atoms with van der Waals surface area (Å²) in [6.45, 7) is 1.74. The van der Waals surface area contributed by atoms with Gasteiger partial charge in [0.15, 0.2) is 0 Å². The molecule has 1 aromatic rings. The van der Waals surface area contributed by atoms with Crippen LogP contribution < -0.4 is 10.9 Å². The summed E-state index contributed by atoms with van der Waals surface area (Å²) in [6, 6.07) is 1.66. The Morgan fingerprint density at radius 3 is 2.50 bits per heavy atom. The lowest BCUT2D eigenvalue weighted by Crippen LogP contribution is -2.16. The van der Waals surface area contributed by atoms with Crippen LogP contribution in [-0.4, -0.2) is 32.3 Å². The molecule has 0 saturated carbocycles. The Morgan fingerprint density at radius 2 is 2.15 bits per heavy atom. The summed E-state index contributed by atoms with van der Waals surface area (Å²) >= 11 is 3.57. The van der Waals surface area contributed by atoms with Gasteiger partial charge in [-0.15, -0.1) is 12.6 Å². The molecule has 0 spiro atoms. The minimum atomic E-state index is -4.73. The molecule has 0 fully saturated rings. The van der Waals surface area contributed by atoms with Crippen LogP contribution in [0.3, 0.4) is 0 Å². The van der Waals surface area contributed by atoms with Gasteiger partial charge in [-0.1, -0.05) is 0 Å². The van der Waals surface area contributed by atoms with Gasteiger partial charge in [0.05, 0.1) is 22.8 Å². The molecule has 2 N–H and O–H groups in total. The number of aromatic amines is 1. The average molecular weight is 309 g/mol. The maximum atomic E-state index is 12.3. The van der Waals surface area contributed by atoms with Crippen LogP contribution in [-0.2, 0) is 10.9 Å². The van der Waals surface area contributed by atoms with E-state index in [1.807, 2.05) is 12.0 Å². The molecular formula is C11H14F3N3O2S. The second kappa shape index (κ2) is 8.63. The SMILES string of the molecule is CNCCOC.N#Cc1c(C(F)(F)F)cc(=O)[nH]c1S. The molecule has 0 amide bonds. The number of hydrogen-bond acceptors (Lipinski definition) is 5. The van der Waals surface area contributed by atoms with Gasteiger partial charge in [-0.3, -0.25) is 4.79 Å². The van der Waals surface area contributed by atoms with Crippen LogP contribution in [0.5, 0.6) is 0 Å². The molecule has 0 atom stereocenters. The van der Waals surface area contributed by atoms with E-state index in [1.165, 1.54) is 6.07 Å². The number of ether oxygens (including phenoxy) is 1. The van der Waals surface area contributed by atoms with E-state index in [0.29, 0.717) is 6.07 Å². The number of nitriles is 1. The van der Waals surface area contributed by atoms with Gasteiger partial charge in [0, 0.05) is 19.7 Å². The number of H-pyrrole nitrogens is 1. The summed E-state index contributed by atoms with van der Waals surface area (Å²) in [4.78, 5) is 12.7. The van der Waals surface area contributed by atoms with Gasteiger partial charge in [-0.2, -0.15) is 18.4 Å². The summed E-state index contributed by atoms with van der Waals surface area (Å²) in [5.41, 5.74) is -2.89. The molecule has 0 saturated heterocycles. The minimum absolute atomic E-state index is 0.332. The summed E-state index contributed by atoms with van der Waals surface area (Å²) in [6.07, 6.45) is -4.73. The zero-order valence-corrected chi connectivity index (χ0v) is 11.7. The molecule has 0 aromatic carbocycles. The largest absolute Gasteiger partial charge is 0.417 e. The molecule has 0 bridgehead atoms. The maximum Gasteiger partial charge on any atom is 0.417 e. The lowest BCUT2D eigenvalue weighted by Gasteiger charge is -2.08. The second-order valence-electron chi connectivity index (χ2n) is 3.48. The van der Waals surface area contributed by atoms with Crippen molar-refractivity contribution in [2.75, 3.05) is 27.3 Å². The van der Waals surface area contributed by atoms with Crippen molar-refractivity contribution in [3.63, 3.8) is 0 Å². The predicted molar refractivity (Wildman–Crippen MR) is 69.8 cm³/mol. The molecule has 0 aliphatic rings. The van der Waals surface area contributed by atoms with Crippen LogP contribution in [0.4, 0.5) is 13.2 Å². The van der Waals surface area contributed by atoms with Crippen molar-refractivity contribution < 1.29 is 17.9 Å². The summed E-state index contributed by atoms with van der Waals surface area (Å²) in [5.74, 6) is 0. The van der Waals surface area contributed by atoms with E-state index in [-0.39, 0.29) is 5.03 Å². The van der Waals surface area contributed by atoms with Crippen LogP contribution in [0.1, 0.15) is 11.1 Å². The fourth-order valence-corrected chi connectivity index (χ4v) is 1.37. The first-order valence-electron chi connectivity index (χ1n) is 5.35. The van der Waals surface area contributed by atoms with E-state index < -0.39 is 22.9 Å². The van der Waals surface area contributed by atoms with Crippen molar-refractivity contribution in [3.05, 3.63) is 27.5 Å². The third kappa shape index (κ3) is 6.10. The first-order chi connectivity index (χ1) is 9.27. The van der Waals surface area contributed by atoms with Crippen LogP contribution in [0.15, 0.2) is 15.9 Å². The fraction of sp³-hybridized carbons (Fsp3) is 0.455. The number of alkyl halides is 3. The number of pyridine rings is 1. The molecule has 1 heterocycles. The lowest BCUT2D eigenvalue weighted by atomic mass is 10.1. The zero-order chi connectivity index (χ0) is 15.8. The Kier molecular flexibility index (Phi) is 7.98. The van der Waals surface area contributed by atoms with Crippen LogP contribution in [0.25, 0.3) is 0 Å². The molecule has 5 nitrogen and oxygen atoms in total. The van der Waals surface area contributed by atoms with E-state index >= 15 is 0 Å². The van der Waals surface area contributed by atoms with Gasteiger partial charge in [0.25, 0.3) is 0 Å². The van der Waals surface area contributed by atoms with Crippen LogP contribution >= 0.6 is 12.6 Å². The Hall–Kier alpha value is -1.50. The number of thiol groups is 1. The number of likely N-dealkylation sites (N-methyl/N-ethyl adjacent to an activating group) is 1. The number of methoxy groups -OCH3 is 1. The van der Waals surface area contributed by atoms with E-state index in [4.69, 9.17) is 10.00 Å². The van der Waals surface area contributed by atoms with Gasteiger partial charge in [0.2, 0.25) is 5.56 Å². The van der Waals surface area contributed by atoms with Gasteiger partial charge in [-0.05, 0) is 7.05 Å². The van der Waals surface area contributed by atoms with Crippen molar-refractivity contribution in [1.29, 1.82) is 5.26 Å². The van der Waals surface area contributed by atoms with Crippen LogP contribution in [0.2, 0.25) is 0 Å².